The highest BCUT2D eigenvalue weighted by molar-refractivity contribution is 9.10. The minimum Gasteiger partial charge on any atom is -0.314 e. The highest BCUT2D eigenvalue weighted by Gasteiger charge is 2.23. The number of hydrogen-bond acceptors (Lipinski definition) is 3. The molecule has 4 heteroatoms. The van der Waals surface area contributed by atoms with E-state index in [1.54, 1.807) is 0 Å². The maximum Gasteiger partial charge on any atom is 0.164 e. The molecule has 1 N–H and O–H groups in total. The molecule has 92 valence electrons. The predicted octanol–water partition coefficient (Wildman–Crippen LogP) is 3.27. The molecule has 1 aliphatic heterocycles. The van der Waals surface area contributed by atoms with Gasteiger partial charge in [-0.3, -0.25) is 4.79 Å². The first kappa shape index (κ1) is 12.7. The second-order valence-electron chi connectivity index (χ2n) is 4.45. The van der Waals surface area contributed by atoms with Crippen molar-refractivity contribution in [3.05, 3.63) is 34.3 Å². The molecule has 0 unspecified atom stereocenters. The van der Waals surface area contributed by atoms with E-state index in [0.717, 1.165) is 23.7 Å². The molecule has 1 aromatic rings. The average Bonchev–Trinajstić information content (AvgIpc) is 2.33. The summed E-state index contributed by atoms with van der Waals surface area (Å²) in [5, 5.41) is 11.0. The Kier molecular flexibility index (Phi) is 4.31. The topological polar surface area (TPSA) is 40.5 Å². The van der Waals surface area contributed by atoms with Crippen LogP contribution in [0, 0.1) is 0 Å². The molecule has 1 aliphatic rings. The molecule has 0 saturated carbocycles. The first-order chi connectivity index (χ1) is 8.16. The third kappa shape index (κ3) is 3.37. The summed E-state index contributed by atoms with van der Waals surface area (Å²) in [7, 11) is 0. The number of nitrogens with zero attached hydrogens (tertiary/aromatic N) is 1. The van der Waals surface area contributed by atoms with Crippen LogP contribution < -0.4 is 0 Å². The Balaban J connectivity index is 1.98. The SMILES string of the molecule is O=C(C[C@@H]1CCCCN1O)c1ccc(Br)cc1. The van der Waals surface area contributed by atoms with Gasteiger partial charge >= 0.3 is 0 Å². The zero-order valence-corrected chi connectivity index (χ0v) is 11.2. The molecule has 1 fully saturated rings. The number of carbonyl (C=O) groups excluding carboxylic acids is 1. The van der Waals surface area contributed by atoms with Gasteiger partial charge in [0.05, 0.1) is 0 Å². The number of piperidine rings is 1. The molecule has 3 nitrogen and oxygen atoms in total. The van der Waals surface area contributed by atoms with Gasteiger partial charge < -0.3 is 5.21 Å². The minimum atomic E-state index is -0.0140. The number of Topliss-reactive ketones (excluding diaryl/α,β-unsaturated/α-hetero) is 1. The Morgan fingerprint density at radius 2 is 2.06 bits per heavy atom. The van der Waals surface area contributed by atoms with Gasteiger partial charge in [-0.05, 0) is 25.0 Å². The van der Waals surface area contributed by atoms with Crippen LogP contribution in [0.3, 0.4) is 0 Å². The summed E-state index contributed by atoms with van der Waals surface area (Å²) in [6.45, 7) is 0.679. The van der Waals surface area contributed by atoms with E-state index in [-0.39, 0.29) is 11.8 Å². The quantitative estimate of drug-likeness (QED) is 0.871. The van der Waals surface area contributed by atoms with Crippen molar-refractivity contribution in [2.45, 2.75) is 31.7 Å². The van der Waals surface area contributed by atoms with Crippen LogP contribution in [0.5, 0.6) is 0 Å². The van der Waals surface area contributed by atoms with E-state index in [0.29, 0.717) is 18.5 Å². The summed E-state index contributed by atoms with van der Waals surface area (Å²) in [6, 6.07) is 7.35. The molecule has 17 heavy (non-hydrogen) atoms. The molecule has 1 saturated heterocycles. The van der Waals surface area contributed by atoms with Gasteiger partial charge in [0.25, 0.3) is 0 Å². The second-order valence-corrected chi connectivity index (χ2v) is 5.36. The molecule has 1 heterocycles. The summed E-state index contributed by atoms with van der Waals surface area (Å²) in [5.74, 6) is 0.100. The number of hydrogen-bond donors (Lipinski definition) is 1. The fraction of sp³-hybridized carbons (Fsp3) is 0.462. The third-order valence-electron chi connectivity index (χ3n) is 3.18. The zero-order valence-electron chi connectivity index (χ0n) is 9.60. The molecule has 0 bridgehead atoms. The Morgan fingerprint density at radius 3 is 2.71 bits per heavy atom. The molecule has 1 atom stereocenters. The molecule has 2 rings (SSSR count). The van der Waals surface area contributed by atoms with Crippen LogP contribution >= 0.6 is 15.9 Å². The lowest BCUT2D eigenvalue weighted by Crippen LogP contribution is -2.38. The van der Waals surface area contributed by atoms with Crippen LogP contribution in [0.4, 0.5) is 0 Å². The van der Waals surface area contributed by atoms with Gasteiger partial charge in [-0.15, -0.1) is 0 Å². The monoisotopic (exact) mass is 297 g/mol. The highest BCUT2D eigenvalue weighted by atomic mass is 79.9. The summed E-state index contributed by atoms with van der Waals surface area (Å²) >= 11 is 3.34. The standard InChI is InChI=1S/C13H16BrNO2/c14-11-6-4-10(5-7-11)13(16)9-12-3-1-2-8-15(12)17/h4-7,12,17H,1-3,8-9H2/t12-/m0/s1. The normalized spacial score (nSPS) is 21.4. The van der Waals surface area contributed by atoms with E-state index in [1.807, 2.05) is 24.3 Å². The van der Waals surface area contributed by atoms with Gasteiger partial charge in [0.2, 0.25) is 0 Å². The molecular weight excluding hydrogens is 282 g/mol. The number of hydroxylamine groups is 2. The van der Waals surface area contributed by atoms with Crippen LogP contribution in [0.2, 0.25) is 0 Å². The third-order valence-corrected chi connectivity index (χ3v) is 3.71. The van der Waals surface area contributed by atoms with Gasteiger partial charge in [0, 0.05) is 29.0 Å². The van der Waals surface area contributed by atoms with Crippen molar-refractivity contribution in [1.29, 1.82) is 0 Å². The van der Waals surface area contributed by atoms with Crippen molar-refractivity contribution in [3.63, 3.8) is 0 Å². The lowest BCUT2D eigenvalue weighted by molar-refractivity contribution is -0.140. The largest absolute Gasteiger partial charge is 0.314 e. The van der Waals surface area contributed by atoms with E-state index < -0.39 is 0 Å². The van der Waals surface area contributed by atoms with Crippen LogP contribution in [-0.2, 0) is 0 Å². The molecule has 0 amide bonds. The van der Waals surface area contributed by atoms with E-state index in [4.69, 9.17) is 0 Å². The average molecular weight is 298 g/mol. The van der Waals surface area contributed by atoms with E-state index >= 15 is 0 Å². The Morgan fingerprint density at radius 1 is 1.35 bits per heavy atom. The van der Waals surface area contributed by atoms with E-state index in [1.165, 1.54) is 5.06 Å². The Bertz CT molecular complexity index is 391. The summed E-state index contributed by atoms with van der Waals surface area (Å²) < 4.78 is 0.968. The predicted molar refractivity (Wildman–Crippen MR) is 69.2 cm³/mol. The Hall–Kier alpha value is -0.710. The summed E-state index contributed by atoms with van der Waals surface area (Å²) in [4.78, 5) is 12.0. The van der Waals surface area contributed by atoms with Gasteiger partial charge in [0.1, 0.15) is 0 Å². The van der Waals surface area contributed by atoms with Crippen LogP contribution in [0.25, 0.3) is 0 Å². The first-order valence-electron chi connectivity index (χ1n) is 5.91. The van der Waals surface area contributed by atoms with Gasteiger partial charge in [-0.1, -0.05) is 34.5 Å². The number of rotatable bonds is 3. The van der Waals surface area contributed by atoms with Crippen molar-refractivity contribution in [1.82, 2.24) is 5.06 Å². The smallest absolute Gasteiger partial charge is 0.164 e. The summed E-state index contributed by atoms with van der Waals surface area (Å²) in [5.41, 5.74) is 0.715. The highest BCUT2D eigenvalue weighted by Crippen LogP contribution is 2.20. The van der Waals surface area contributed by atoms with Crippen molar-refractivity contribution >= 4 is 21.7 Å². The Labute approximate surface area is 110 Å². The van der Waals surface area contributed by atoms with Crippen LogP contribution in [-0.4, -0.2) is 28.6 Å². The molecule has 0 aromatic heterocycles. The molecule has 0 aliphatic carbocycles. The van der Waals surface area contributed by atoms with Gasteiger partial charge in [0.15, 0.2) is 5.78 Å². The number of benzene rings is 1. The molecule has 0 spiro atoms. The number of carbonyl (C=O) groups is 1. The van der Waals surface area contributed by atoms with Gasteiger partial charge in [-0.25, -0.2) is 0 Å². The fourth-order valence-corrected chi connectivity index (χ4v) is 2.42. The van der Waals surface area contributed by atoms with Crippen LogP contribution in [0.1, 0.15) is 36.0 Å². The summed E-state index contributed by atoms with van der Waals surface area (Å²) in [6.07, 6.45) is 3.41. The fourth-order valence-electron chi connectivity index (χ4n) is 2.16. The van der Waals surface area contributed by atoms with Crippen molar-refractivity contribution in [2.24, 2.45) is 0 Å². The maximum atomic E-state index is 12.0. The second kappa shape index (κ2) is 5.76. The van der Waals surface area contributed by atoms with E-state index in [9.17, 15) is 10.0 Å². The minimum absolute atomic E-state index is 0.0140. The number of ketones is 1. The van der Waals surface area contributed by atoms with Crippen molar-refractivity contribution in [2.75, 3.05) is 6.54 Å². The van der Waals surface area contributed by atoms with Crippen molar-refractivity contribution < 1.29 is 10.0 Å². The molecule has 1 aromatic carbocycles. The molecule has 0 radical (unpaired) electrons. The van der Waals surface area contributed by atoms with Crippen molar-refractivity contribution in [3.8, 4) is 0 Å². The van der Waals surface area contributed by atoms with Crippen LogP contribution in [0.15, 0.2) is 28.7 Å². The molecular formula is C13H16BrNO2. The first-order valence-corrected chi connectivity index (χ1v) is 6.70. The maximum absolute atomic E-state index is 12.0. The lowest BCUT2D eigenvalue weighted by atomic mass is 9.97. The van der Waals surface area contributed by atoms with E-state index in [2.05, 4.69) is 15.9 Å². The zero-order chi connectivity index (χ0) is 12.3. The number of halogens is 1. The lowest BCUT2D eigenvalue weighted by Gasteiger charge is -2.29. The van der Waals surface area contributed by atoms with Gasteiger partial charge in [-0.2, -0.15) is 5.06 Å².